The van der Waals surface area contributed by atoms with Crippen molar-refractivity contribution in [3.8, 4) is 5.69 Å². The molecule has 0 saturated heterocycles. The van der Waals surface area contributed by atoms with Crippen molar-refractivity contribution in [1.29, 1.82) is 0 Å². The molecule has 0 unspecified atom stereocenters. The van der Waals surface area contributed by atoms with Gasteiger partial charge in [-0.15, -0.1) is 0 Å². The van der Waals surface area contributed by atoms with E-state index in [1.165, 1.54) is 12.1 Å². The molecule has 3 heteroatoms. The van der Waals surface area contributed by atoms with Gasteiger partial charge in [-0.1, -0.05) is 15.9 Å². The number of halogens is 2. The van der Waals surface area contributed by atoms with Crippen molar-refractivity contribution in [3.63, 3.8) is 0 Å². The zero-order valence-corrected chi connectivity index (χ0v) is 10.5. The number of fused-ring (bicyclic) bond motifs is 1. The molecule has 0 atom stereocenters. The number of hydrogen-bond acceptors (Lipinski definition) is 0. The van der Waals surface area contributed by atoms with E-state index in [0.717, 1.165) is 21.1 Å². The molecule has 84 valence electrons. The fourth-order valence-corrected chi connectivity index (χ4v) is 2.32. The van der Waals surface area contributed by atoms with Crippen LogP contribution in [-0.4, -0.2) is 4.57 Å². The van der Waals surface area contributed by atoms with Crippen molar-refractivity contribution < 1.29 is 4.39 Å². The number of benzene rings is 2. The van der Waals surface area contributed by atoms with Crippen LogP contribution in [0, 0.1) is 5.82 Å². The van der Waals surface area contributed by atoms with Crippen LogP contribution in [0.15, 0.2) is 59.2 Å². The van der Waals surface area contributed by atoms with Gasteiger partial charge in [-0.3, -0.25) is 0 Å². The molecular formula is C14H9BrFN. The van der Waals surface area contributed by atoms with Crippen LogP contribution in [0.4, 0.5) is 4.39 Å². The summed E-state index contributed by atoms with van der Waals surface area (Å²) in [7, 11) is 0. The second kappa shape index (κ2) is 4.00. The number of aromatic nitrogens is 1. The first kappa shape index (κ1) is 10.5. The molecule has 1 heterocycles. The van der Waals surface area contributed by atoms with Crippen molar-refractivity contribution in [2.24, 2.45) is 0 Å². The Bertz CT molecular complexity index is 670. The Hall–Kier alpha value is -1.61. The molecule has 0 aliphatic carbocycles. The third kappa shape index (κ3) is 1.87. The number of nitrogens with zero attached hydrogens (tertiary/aromatic N) is 1. The van der Waals surface area contributed by atoms with Crippen LogP contribution in [0.25, 0.3) is 16.6 Å². The molecule has 0 aliphatic rings. The Morgan fingerprint density at radius 2 is 1.71 bits per heavy atom. The molecule has 0 amide bonds. The predicted octanol–water partition coefficient (Wildman–Crippen LogP) is 4.53. The first-order valence-electron chi connectivity index (χ1n) is 5.26. The lowest BCUT2D eigenvalue weighted by Crippen LogP contribution is -1.91. The Labute approximate surface area is 107 Å². The highest BCUT2D eigenvalue weighted by Crippen LogP contribution is 2.23. The van der Waals surface area contributed by atoms with Gasteiger partial charge in [0.1, 0.15) is 5.82 Å². The van der Waals surface area contributed by atoms with Gasteiger partial charge in [-0.05, 0) is 48.5 Å². The van der Waals surface area contributed by atoms with E-state index in [-0.39, 0.29) is 5.82 Å². The molecule has 0 saturated carbocycles. The highest BCUT2D eigenvalue weighted by molar-refractivity contribution is 9.10. The van der Waals surface area contributed by atoms with Crippen molar-refractivity contribution in [3.05, 3.63) is 65.0 Å². The van der Waals surface area contributed by atoms with Crippen LogP contribution in [0.1, 0.15) is 0 Å². The molecule has 1 nitrogen and oxygen atoms in total. The standard InChI is InChI=1S/C14H9BrFN/c15-11-1-6-14-10(9-11)7-8-17(14)13-4-2-12(16)3-5-13/h1-9H. The Kier molecular flexibility index (Phi) is 2.48. The van der Waals surface area contributed by atoms with E-state index in [4.69, 9.17) is 0 Å². The summed E-state index contributed by atoms with van der Waals surface area (Å²) in [6.45, 7) is 0. The molecule has 0 spiro atoms. The van der Waals surface area contributed by atoms with Gasteiger partial charge in [0.2, 0.25) is 0 Å². The van der Waals surface area contributed by atoms with Crippen molar-refractivity contribution >= 4 is 26.8 Å². The third-order valence-electron chi connectivity index (χ3n) is 2.76. The van der Waals surface area contributed by atoms with Gasteiger partial charge in [0.15, 0.2) is 0 Å². The highest BCUT2D eigenvalue weighted by Gasteiger charge is 2.03. The smallest absolute Gasteiger partial charge is 0.123 e. The molecule has 3 rings (SSSR count). The Morgan fingerprint density at radius 1 is 0.941 bits per heavy atom. The summed E-state index contributed by atoms with van der Waals surface area (Å²) < 4.78 is 16.0. The Morgan fingerprint density at radius 3 is 2.47 bits per heavy atom. The predicted molar refractivity (Wildman–Crippen MR) is 70.9 cm³/mol. The fraction of sp³-hybridized carbons (Fsp3) is 0. The first-order chi connectivity index (χ1) is 8.24. The normalized spacial score (nSPS) is 10.9. The van der Waals surface area contributed by atoms with Gasteiger partial charge < -0.3 is 4.57 Å². The summed E-state index contributed by atoms with van der Waals surface area (Å²) in [6, 6.07) is 14.7. The van der Waals surface area contributed by atoms with Crippen LogP contribution in [0.3, 0.4) is 0 Å². The molecule has 2 aromatic carbocycles. The average molecular weight is 290 g/mol. The topological polar surface area (TPSA) is 4.93 Å². The molecule has 0 N–H and O–H groups in total. The van der Waals surface area contributed by atoms with E-state index >= 15 is 0 Å². The van der Waals surface area contributed by atoms with Crippen LogP contribution < -0.4 is 0 Å². The molecule has 0 aliphatic heterocycles. The van der Waals surface area contributed by atoms with E-state index < -0.39 is 0 Å². The van der Waals surface area contributed by atoms with Crippen molar-refractivity contribution in [2.45, 2.75) is 0 Å². The summed E-state index contributed by atoms with van der Waals surface area (Å²) >= 11 is 3.45. The van der Waals surface area contributed by atoms with Gasteiger partial charge in [0.25, 0.3) is 0 Å². The lowest BCUT2D eigenvalue weighted by molar-refractivity contribution is 0.627. The van der Waals surface area contributed by atoms with Crippen LogP contribution in [0.2, 0.25) is 0 Å². The monoisotopic (exact) mass is 289 g/mol. The van der Waals surface area contributed by atoms with Crippen LogP contribution in [-0.2, 0) is 0 Å². The lowest BCUT2D eigenvalue weighted by Gasteiger charge is -2.05. The summed E-state index contributed by atoms with van der Waals surface area (Å²) in [6.07, 6.45) is 1.99. The van der Waals surface area contributed by atoms with E-state index in [1.807, 2.05) is 29.0 Å². The second-order valence-corrected chi connectivity index (χ2v) is 4.78. The minimum Gasteiger partial charge on any atom is -0.317 e. The van der Waals surface area contributed by atoms with E-state index in [1.54, 1.807) is 12.1 Å². The fourth-order valence-electron chi connectivity index (χ4n) is 1.94. The Balaban J connectivity index is 2.21. The summed E-state index contributed by atoms with van der Waals surface area (Å²) in [5.41, 5.74) is 2.07. The SMILES string of the molecule is Fc1ccc(-n2ccc3cc(Br)ccc32)cc1. The molecule has 0 bridgehead atoms. The number of hydrogen-bond donors (Lipinski definition) is 0. The largest absolute Gasteiger partial charge is 0.317 e. The lowest BCUT2D eigenvalue weighted by atomic mass is 10.2. The molecular weight excluding hydrogens is 281 g/mol. The summed E-state index contributed by atoms with van der Waals surface area (Å²) in [4.78, 5) is 0. The summed E-state index contributed by atoms with van der Waals surface area (Å²) in [5.74, 6) is -0.215. The maximum Gasteiger partial charge on any atom is 0.123 e. The second-order valence-electron chi connectivity index (χ2n) is 3.87. The minimum atomic E-state index is -0.215. The molecule has 0 radical (unpaired) electrons. The summed E-state index contributed by atoms with van der Waals surface area (Å²) in [5, 5.41) is 1.16. The number of rotatable bonds is 1. The van der Waals surface area contributed by atoms with E-state index in [0.29, 0.717) is 0 Å². The third-order valence-corrected chi connectivity index (χ3v) is 3.25. The highest BCUT2D eigenvalue weighted by atomic mass is 79.9. The van der Waals surface area contributed by atoms with Gasteiger partial charge in [0, 0.05) is 21.7 Å². The van der Waals surface area contributed by atoms with Crippen molar-refractivity contribution in [2.75, 3.05) is 0 Å². The van der Waals surface area contributed by atoms with E-state index in [9.17, 15) is 4.39 Å². The zero-order valence-electron chi connectivity index (χ0n) is 8.90. The van der Waals surface area contributed by atoms with Crippen LogP contribution in [0.5, 0.6) is 0 Å². The zero-order chi connectivity index (χ0) is 11.8. The van der Waals surface area contributed by atoms with Gasteiger partial charge >= 0.3 is 0 Å². The molecule has 0 fully saturated rings. The maximum absolute atomic E-state index is 12.9. The molecule has 3 aromatic rings. The molecule has 17 heavy (non-hydrogen) atoms. The van der Waals surface area contributed by atoms with Gasteiger partial charge in [0.05, 0.1) is 5.52 Å². The van der Waals surface area contributed by atoms with Gasteiger partial charge in [-0.25, -0.2) is 4.39 Å². The quantitative estimate of drug-likeness (QED) is 0.620. The molecule has 1 aromatic heterocycles. The van der Waals surface area contributed by atoms with Gasteiger partial charge in [-0.2, -0.15) is 0 Å². The van der Waals surface area contributed by atoms with Crippen LogP contribution >= 0.6 is 15.9 Å². The van der Waals surface area contributed by atoms with E-state index in [2.05, 4.69) is 22.0 Å². The minimum absolute atomic E-state index is 0.215. The first-order valence-corrected chi connectivity index (χ1v) is 6.06. The maximum atomic E-state index is 12.9. The average Bonchev–Trinajstić information content (AvgIpc) is 2.73. The van der Waals surface area contributed by atoms with Crippen molar-refractivity contribution in [1.82, 2.24) is 4.57 Å².